The van der Waals surface area contributed by atoms with Gasteiger partial charge in [-0.3, -0.25) is 24.0 Å². The lowest BCUT2D eigenvalue weighted by molar-refractivity contribution is -0.197. The third-order valence-electron chi connectivity index (χ3n) is 8.79. The maximum Gasteiger partial charge on any atom is 0.250 e. The van der Waals surface area contributed by atoms with Crippen molar-refractivity contribution in [3.63, 3.8) is 0 Å². The van der Waals surface area contributed by atoms with E-state index in [0.29, 0.717) is 29.0 Å². The zero-order valence-corrected chi connectivity index (χ0v) is 30.1. The number of nitrogens with zero attached hydrogens (tertiary/aromatic N) is 1. The quantitative estimate of drug-likeness (QED) is 0.125. The van der Waals surface area contributed by atoms with Crippen molar-refractivity contribution in [3.8, 4) is 11.5 Å². The standard InChI is InChI=1S/C40H48N4O7/c1-26(2)20-32(22-36(45)44(51-25-28-12-8-7-9-13-28)24-31-17-19-34(49-5)23-35(31)50-6)38(47)43-40(4,39(48)42-27(3)37(41)46)33-18-16-29-14-10-11-15-30(29)21-33/h7-19,21,23,26-27,32H,20,22,24-25H2,1-6H3,(H2,41,46)(H,42,48)(H,43,47)/t27?,32-,40+/m1/s1. The number of methoxy groups -OCH3 is 2. The summed E-state index contributed by atoms with van der Waals surface area (Å²) in [6.07, 6.45) is 0.146. The van der Waals surface area contributed by atoms with Crippen LogP contribution in [0.1, 0.15) is 57.2 Å². The SMILES string of the molecule is COc1ccc(CN(OCc2ccccc2)C(=O)C[C@@H](CC(C)C)C(=O)N[C@](C)(C(=O)NC(C)C(N)=O)c2ccc3ccccc3c2)c(OC)c1. The van der Waals surface area contributed by atoms with Crippen molar-refractivity contribution in [3.05, 3.63) is 108 Å². The first-order valence-corrected chi connectivity index (χ1v) is 16.9. The molecule has 0 aliphatic heterocycles. The zero-order valence-electron chi connectivity index (χ0n) is 30.1. The van der Waals surface area contributed by atoms with Crippen molar-refractivity contribution in [2.75, 3.05) is 14.2 Å². The number of fused-ring (bicyclic) bond motifs is 1. The van der Waals surface area contributed by atoms with E-state index < -0.39 is 41.1 Å². The fourth-order valence-corrected chi connectivity index (χ4v) is 5.76. The smallest absolute Gasteiger partial charge is 0.250 e. The highest BCUT2D eigenvalue weighted by Crippen LogP contribution is 2.30. The van der Waals surface area contributed by atoms with Crippen LogP contribution in [0.4, 0.5) is 0 Å². The number of rotatable bonds is 17. The Labute approximate surface area is 299 Å². The Morgan fingerprint density at radius 2 is 1.53 bits per heavy atom. The number of ether oxygens (including phenoxy) is 2. The van der Waals surface area contributed by atoms with Crippen LogP contribution in [0.3, 0.4) is 0 Å². The summed E-state index contributed by atoms with van der Waals surface area (Å²) in [4.78, 5) is 60.4. The van der Waals surface area contributed by atoms with Crippen molar-refractivity contribution in [1.82, 2.24) is 15.7 Å². The van der Waals surface area contributed by atoms with Gasteiger partial charge in [0.15, 0.2) is 0 Å². The van der Waals surface area contributed by atoms with Gasteiger partial charge in [0.1, 0.15) is 29.7 Å². The number of amides is 4. The predicted molar refractivity (Wildman–Crippen MR) is 195 cm³/mol. The zero-order chi connectivity index (χ0) is 37.1. The molecule has 11 nitrogen and oxygen atoms in total. The van der Waals surface area contributed by atoms with Crippen molar-refractivity contribution < 1.29 is 33.5 Å². The molecule has 1 unspecified atom stereocenters. The first kappa shape index (κ1) is 38.4. The van der Waals surface area contributed by atoms with E-state index in [1.807, 2.05) is 80.6 Å². The van der Waals surface area contributed by atoms with Crippen molar-refractivity contribution in [1.29, 1.82) is 0 Å². The molecule has 11 heteroatoms. The second kappa shape index (κ2) is 17.5. The Hall–Kier alpha value is -5.42. The summed E-state index contributed by atoms with van der Waals surface area (Å²) in [5, 5.41) is 8.67. The number of hydroxylamine groups is 2. The molecule has 0 saturated carbocycles. The number of hydrogen-bond donors (Lipinski definition) is 3. The van der Waals surface area contributed by atoms with Crippen molar-refractivity contribution in [2.45, 2.75) is 65.3 Å². The highest BCUT2D eigenvalue weighted by atomic mass is 16.7. The molecule has 0 spiro atoms. The Morgan fingerprint density at radius 3 is 2.18 bits per heavy atom. The molecule has 0 radical (unpaired) electrons. The van der Waals surface area contributed by atoms with E-state index in [9.17, 15) is 19.2 Å². The van der Waals surface area contributed by atoms with E-state index in [4.69, 9.17) is 20.0 Å². The minimum atomic E-state index is -1.62. The van der Waals surface area contributed by atoms with Crippen LogP contribution >= 0.6 is 0 Å². The first-order valence-electron chi connectivity index (χ1n) is 16.9. The van der Waals surface area contributed by atoms with E-state index in [0.717, 1.165) is 16.3 Å². The molecule has 0 heterocycles. The second-order valence-corrected chi connectivity index (χ2v) is 13.2. The van der Waals surface area contributed by atoms with Gasteiger partial charge < -0.3 is 25.8 Å². The van der Waals surface area contributed by atoms with Crippen LogP contribution in [0.25, 0.3) is 10.8 Å². The summed E-state index contributed by atoms with van der Waals surface area (Å²) < 4.78 is 10.9. The van der Waals surface area contributed by atoms with E-state index in [-0.39, 0.29) is 25.5 Å². The number of nitrogens with two attached hydrogens (primary N) is 1. The van der Waals surface area contributed by atoms with Crippen LogP contribution in [0, 0.1) is 11.8 Å². The van der Waals surface area contributed by atoms with E-state index in [1.165, 1.54) is 19.1 Å². The Morgan fingerprint density at radius 1 is 0.843 bits per heavy atom. The fraction of sp³-hybridized carbons (Fsp3) is 0.350. The summed E-state index contributed by atoms with van der Waals surface area (Å²) in [6, 6.07) is 26.8. The first-order chi connectivity index (χ1) is 24.3. The maximum absolute atomic E-state index is 14.3. The third-order valence-corrected chi connectivity index (χ3v) is 8.79. The van der Waals surface area contributed by atoms with Crippen molar-refractivity contribution in [2.24, 2.45) is 17.6 Å². The van der Waals surface area contributed by atoms with E-state index in [2.05, 4.69) is 10.6 Å². The molecule has 3 atom stereocenters. The summed E-state index contributed by atoms with van der Waals surface area (Å²) in [7, 11) is 3.09. The Bertz CT molecular complexity index is 1830. The second-order valence-electron chi connectivity index (χ2n) is 13.2. The van der Waals surface area contributed by atoms with E-state index >= 15 is 0 Å². The van der Waals surface area contributed by atoms with Crippen molar-refractivity contribution >= 4 is 34.4 Å². The van der Waals surface area contributed by atoms with Gasteiger partial charge in [-0.15, -0.1) is 0 Å². The molecule has 4 amide bonds. The number of nitrogens with one attached hydrogen (secondary N) is 2. The van der Waals surface area contributed by atoms with Crippen LogP contribution in [-0.4, -0.2) is 49.0 Å². The summed E-state index contributed by atoms with van der Waals surface area (Å²) >= 11 is 0. The maximum atomic E-state index is 14.3. The number of benzene rings is 4. The molecule has 0 fully saturated rings. The summed E-state index contributed by atoms with van der Waals surface area (Å²) in [6.45, 7) is 7.13. The number of carbonyl (C=O) groups excluding carboxylic acids is 4. The molecule has 0 aromatic heterocycles. The molecule has 270 valence electrons. The minimum Gasteiger partial charge on any atom is -0.497 e. The lowest BCUT2D eigenvalue weighted by atomic mass is 9.86. The molecule has 4 aromatic rings. The highest BCUT2D eigenvalue weighted by Gasteiger charge is 2.40. The minimum absolute atomic E-state index is 0.0320. The topological polar surface area (TPSA) is 149 Å². The molecule has 0 bridgehead atoms. The van der Waals surface area contributed by atoms with Crippen LogP contribution in [-0.2, 0) is 42.7 Å². The predicted octanol–water partition coefficient (Wildman–Crippen LogP) is 5.39. The van der Waals surface area contributed by atoms with Gasteiger partial charge in [-0.05, 0) is 66.3 Å². The molecule has 0 aliphatic rings. The Balaban J connectivity index is 1.66. The van der Waals surface area contributed by atoms with Crippen LogP contribution in [0.2, 0.25) is 0 Å². The van der Waals surface area contributed by atoms with Crippen LogP contribution in [0.5, 0.6) is 11.5 Å². The third kappa shape index (κ3) is 10.1. The summed E-state index contributed by atoms with van der Waals surface area (Å²) in [5.41, 5.74) is 5.88. The van der Waals surface area contributed by atoms with Gasteiger partial charge in [0, 0.05) is 24.0 Å². The molecular formula is C40H48N4O7. The van der Waals surface area contributed by atoms with E-state index in [1.54, 1.807) is 38.3 Å². The molecule has 4 rings (SSSR count). The highest BCUT2D eigenvalue weighted by molar-refractivity contribution is 5.97. The number of carbonyl (C=O) groups is 4. The monoisotopic (exact) mass is 696 g/mol. The fourth-order valence-electron chi connectivity index (χ4n) is 5.76. The molecule has 51 heavy (non-hydrogen) atoms. The number of primary amides is 1. The number of hydrogen-bond acceptors (Lipinski definition) is 7. The van der Waals surface area contributed by atoms with Gasteiger partial charge in [-0.25, -0.2) is 5.06 Å². The normalized spacial score (nSPS) is 13.5. The molecule has 4 N–H and O–H groups in total. The average molecular weight is 697 g/mol. The largest absolute Gasteiger partial charge is 0.497 e. The van der Waals surface area contributed by atoms with Crippen LogP contribution in [0.15, 0.2) is 91.0 Å². The molecule has 0 aliphatic carbocycles. The molecule has 4 aromatic carbocycles. The van der Waals surface area contributed by atoms with Gasteiger partial charge in [-0.1, -0.05) is 80.6 Å². The van der Waals surface area contributed by atoms with Gasteiger partial charge >= 0.3 is 0 Å². The van der Waals surface area contributed by atoms with Gasteiger partial charge in [0.05, 0.1) is 20.8 Å². The van der Waals surface area contributed by atoms with Gasteiger partial charge in [0.25, 0.3) is 5.91 Å². The van der Waals surface area contributed by atoms with Gasteiger partial charge in [-0.2, -0.15) is 0 Å². The Kier molecular flexibility index (Phi) is 13.2. The van der Waals surface area contributed by atoms with Crippen LogP contribution < -0.4 is 25.8 Å². The molecule has 0 saturated heterocycles. The molecular weight excluding hydrogens is 648 g/mol. The lowest BCUT2D eigenvalue weighted by Gasteiger charge is -2.33. The lowest BCUT2D eigenvalue weighted by Crippen LogP contribution is -2.58. The average Bonchev–Trinajstić information content (AvgIpc) is 3.12. The summed E-state index contributed by atoms with van der Waals surface area (Å²) in [5.74, 6) is -1.97. The van der Waals surface area contributed by atoms with Gasteiger partial charge in [0.2, 0.25) is 17.7 Å².